The smallest absolute Gasteiger partial charge is 0.305 e. The van der Waals surface area contributed by atoms with E-state index in [9.17, 15) is 44.4 Å². The summed E-state index contributed by atoms with van der Waals surface area (Å²) in [6, 6.07) is 0. The van der Waals surface area contributed by atoms with Gasteiger partial charge in [0.1, 0.15) is 0 Å². The molecule has 0 heterocycles. The van der Waals surface area contributed by atoms with Crippen molar-refractivity contribution >= 4 is 29.8 Å². The van der Waals surface area contributed by atoms with E-state index in [0.29, 0.717) is 6.42 Å². The molecule has 0 saturated carbocycles. The molecule has 0 aromatic heterocycles. The molecular formula is C17H22O10-4. The maximum atomic E-state index is 11.6. The fourth-order valence-corrected chi connectivity index (χ4v) is 2.59. The summed E-state index contributed by atoms with van der Waals surface area (Å²) in [5, 5.41) is 44.2. The van der Waals surface area contributed by atoms with Gasteiger partial charge in [-0.2, -0.15) is 0 Å². The van der Waals surface area contributed by atoms with Crippen LogP contribution in [0.1, 0.15) is 51.9 Å². The standard InChI is InChI=1S/C17H26O10/c1-2-3-4-5-6-7-13(20)27-9-11(16(23)24)14(17(25)26)10(15(21)22)8-12(18)19/h10-11,14H,2-9H2,1H3,(H,18,19)(H,21,22)(H,23,24)(H,25,26)/p-4. The predicted molar refractivity (Wildman–Crippen MR) is 79.5 cm³/mol. The van der Waals surface area contributed by atoms with Gasteiger partial charge in [-0.05, 0) is 12.8 Å². The van der Waals surface area contributed by atoms with E-state index in [0.717, 1.165) is 25.7 Å². The van der Waals surface area contributed by atoms with Gasteiger partial charge in [0.2, 0.25) is 0 Å². The zero-order valence-corrected chi connectivity index (χ0v) is 15.0. The first-order chi connectivity index (χ1) is 12.6. The highest BCUT2D eigenvalue weighted by Crippen LogP contribution is 2.24. The monoisotopic (exact) mass is 386 g/mol. The predicted octanol–water partition coefficient (Wildman–Crippen LogP) is -3.87. The van der Waals surface area contributed by atoms with Gasteiger partial charge in [-0.15, -0.1) is 0 Å². The molecule has 0 aromatic rings. The maximum Gasteiger partial charge on any atom is 0.305 e. The van der Waals surface area contributed by atoms with E-state index < -0.39 is 60.6 Å². The van der Waals surface area contributed by atoms with Crippen LogP contribution in [0.15, 0.2) is 0 Å². The van der Waals surface area contributed by atoms with Gasteiger partial charge in [-0.25, -0.2) is 0 Å². The largest absolute Gasteiger partial charge is 0.550 e. The summed E-state index contributed by atoms with van der Waals surface area (Å²) in [5.74, 6) is -15.7. The fraction of sp³-hybridized carbons (Fsp3) is 0.706. The second-order valence-electron chi connectivity index (χ2n) is 6.12. The van der Waals surface area contributed by atoms with Crippen LogP contribution in [-0.4, -0.2) is 36.5 Å². The molecule has 0 spiro atoms. The van der Waals surface area contributed by atoms with Crippen LogP contribution in [0.25, 0.3) is 0 Å². The molecule has 0 rings (SSSR count). The van der Waals surface area contributed by atoms with Gasteiger partial charge in [0, 0.05) is 48.1 Å². The number of hydrogen-bond donors (Lipinski definition) is 0. The van der Waals surface area contributed by atoms with Crippen molar-refractivity contribution in [3.63, 3.8) is 0 Å². The third-order valence-electron chi connectivity index (χ3n) is 4.04. The molecule has 0 aliphatic rings. The average molecular weight is 386 g/mol. The highest BCUT2D eigenvalue weighted by atomic mass is 16.5. The second-order valence-corrected chi connectivity index (χ2v) is 6.12. The van der Waals surface area contributed by atoms with Crippen LogP contribution in [0.5, 0.6) is 0 Å². The number of carbonyl (C=O) groups excluding carboxylic acids is 5. The number of hydrogen-bond acceptors (Lipinski definition) is 10. The number of rotatable bonds is 15. The Morgan fingerprint density at radius 2 is 1.33 bits per heavy atom. The molecule has 3 unspecified atom stereocenters. The van der Waals surface area contributed by atoms with E-state index >= 15 is 0 Å². The number of carboxylic acid groups (broad SMARTS) is 4. The molecule has 10 heteroatoms. The lowest BCUT2D eigenvalue weighted by Crippen LogP contribution is -2.53. The molecule has 10 nitrogen and oxygen atoms in total. The van der Waals surface area contributed by atoms with Crippen molar-refractivity contribution in [3.8, 4) is 0 Å². The number of aliphatic carboxylic acids is 4. The second kappa shape index (κ2) is 12.7. The van der Waals surface area contributed by atoms with Gasteiger partial charge < -0.3 is 44.3 Å². The molecule has 0 fully saturated rings. The first-order valence-electron chi connectivity index (χ1n) is 8.59. The lowest BCUT2D eigenvalue weighted by Gasteiger charge is -2.35. The van der Waals surface area contributed by atoms with Gasteiger partial charge in [-0.3, -0.25) is 4.79 Å². The Labute approximate surface area is 156 Å². The average Bonchev–Trinajstić information content (AvgIpc) is 2.55. The lowest BCUT2D eigenvalue weighted by molar-refractivity contribution is -0.339. The van der Waals surface area contributed by atoms with Gasteiger partial charge in [0.25, 0.3) is 0 Å². The van der Waals surface area contributed by atoms with Crippen molar-refractivity contribution in [2.45, 2.75) is 51.9 Å². The molecule has 27 heavy (non-hydrogen) atoms. The summed E-state index contributed by atoms with van der Waals surface area (Å²) in [4.78, 5) is 55.8. The van der Waals surface area contributed by atoms with E-state index in [1.54, 1.807) is 0 Å². The summed E-state index contributed by atoms with van der Waals surface area (Å²) in [5.41, 5.74) is 0. The van der Waals surface area contributed by atoms with Crippen LogP contribution < -0.4 is 20.4 Å². The molecule has 0 aliphatic carbocycles. The molecule has 0 N–H and O–H groups in total. The zero-order chi connectivity index (χ0) is 21.0. The quantitative estimate of drug-likeness (QED) is 0.199. The highest BCUT2D eigenvalue weighted by Gasteiger charge is 2.33. The first kappa shape index (κ1) is 24.4. The van der Waals surface area contributed by atoms with Crippen molar-refractivity contribution < 1.29 is 49.1 Å². The number of carbonyl (C=O) groups is 5. The minimum Gasteiger partial charge on any atom is -0.550 e. The SMILES string of the molecule is CCCCCCCC(=O)OCC(C(=O)[O-])C(C(=O)[O-])C(CC(=O)[O-])C(=O)[O-]. The Kier molecular flexibility index (Phi) is 11.4. The van der Waals surface area contributed by atoms with Crippen LogP contribution >= 0.6 is 0 Å². The van der Waals surface area contributed by atoms with E-state index in [1.807, 2.05) is 6.92 Å². The van der Waals surface area contributed by atoms with Gasteiger partial charge in [0.05, 0.1) is 6.61 Å². The molecule has 0 aliphatic heterocycles. The first-order valence-corrected chi connectivity index (χ1v) is 8.59. The summed E-state index contributed by atoms with van der Waals surface area (Å²) in [7, 11) is 0. The van der Waals surface area contributed by atoms with Gasteiger partial charge in [-0.1, -0.05) is 32.6 Å². The normalized spacial score (nSPS) is 14.0. The van der Waals surface area contributed by atoms with E-state index in [-0.39, 0.29) is 6.42 Å². The summed E-state index contributed by atoms with van der Waals surface area (Å²) in [6.07, 6.45) is 2.83. The fourth-order valence-electron chi connectivity index (χ4n) is 2.59. The Morgan fingerprint density at radius 1 is 0.778 bits per heavy atom. The Balaban J connectivity index is 5.00. The van der Waals surface area contributed by atoms with Crippen molar-refractivity contribution in [3.05, 3.63) is 0 Å². The van der Waals surface area contributed by atoms with Crippen molar-refractivity contribution in [2.75, 3.05) is 6.61 Å². The van der Waals surface area contributed by atoms with Crippen LogP contribution in [0.2, 0.25) is 0 Å². The molecular weight excluding hydrogens is 364 g/mol. The van der Waals surface area contributed by atoms with E-state index in [4.69, 9.17) is 4.74 Å². The molecule has 154 valence electrons. The van der Waals surface area contributed by atoms with Crippen LogP contribution in [0.3, 0.4) is 0 Å². The van der Waals surface area contributed by atoms with Crippen molar-refractivity contribution in [1.29, 1.82) is 0 Å². The molecule has 3 atom stereocenters. The molecule has 0 aromatic carbocycles. The van der Waals surface area contributed by atoms with Crippen LogP contribution in [0, 0.1) is 17.8 Å². The topological polar surface area (TPSA) is 187 Å². The maximum absolute atomic E-state index is 11.6. The number of unbranched alkanes of at least 4 members (excludes halogenated alkanes) is 4. The zero-order valence-electron chi connectivity index (χ0n) is 15.0. The van der Waals surface area contributed by atoms with Crippen molar-refractivity contribution in [1.82, 2.24) is 0 Å². The Morgan fingerprint density at radius 3 is 1.78 bits per heavy atom. The Hall–Kier alpha value is -2.65. The molecule has 0 radical (unpaired) electrons. The third-order valence-corrected chi connectivity index (χ3v) is 4.04. The highest BCUT2D eigenvalue weighted by molar-refractivity contribution is 5.85. The summed E-state index contributed by atoms with van der Waals surface area (Å²) < 4.78 is 4.71. The molecule has 0 saturated heterocycles. The van der Waals surface area contributed by atoms with Crippen LogP contribution in [0.4, 0.5) is 0 Å². The third kappa shape index (κ3) is 9.57. The van der Waals surface area contributed by atoms with Crippen molar-refractivity contribution in [2.24, 2.45) is 17.8 Å². The minimum absolute atomic E-state index is 0.0254. The van der Waals surface area contributed by atoms with Gasteiger partial charge >= 0.3 is 5.97 Å². The summed E-state index contributed by atoms with van der Waals surface area (Å²) >= 11 is 0. The lowest BCUT2D eigenvalue weighted by atomic mass is 9.80. The van der Waals surface area contributed by atoms with Gasteiger partial charge in [0.15, 0.2) is 0 Å². The minimum atomic E-state index is -2.34. The summed E-state index contributed by atoms with van der Waals surface area (Å²) in [6.45, 7) is 1.02. The number of carboxylic acids is 4. The van der Waals surface area contributed by atoms with Crippen LogP contribution in [-0.2, 0) is 28.7 Å². The van der Waals surface area contributed by atoms with E-state index in [2.05, 4.69) is 0 Å². The number of esters is 1. The van der Waals surface area contributed by atoms with E-state index in [1.165, 1.54) is 0 Å². The number of ether oxygens (including phenoxy) is 1. The molecule has 0 bridgehead atoms. The molecule has 0 amide bonds. The Bertz CT molecular complexity index is 542.